The third-order valence-electron chi connectivity index (χ3n) is 5.47. The molecule has 1 aliphatic heterocycles. The molecule has 0 spiro atoms. The third-order valence-corrected chi connectivity index (χ3v) is 8.04. The van der Waals surface area contributed by atoms with Crippen LogP contribution in [0.1, 0.15) is 26.3 Å². The SMILES string of the molecule is Cc1ccc(NC(=O)CSc2nc3ccc(N4C(=O)c5ccc([N+](=O)[O-])cc5C4=O)cc3s2)cc1Cl. The number of thioether (sulfide) groups is 1. The molecular formula is C24H15ClN4O5S2. The van der Waals surface area contributed by atoms with Crippen molar-refractivity contribution in [2.75, 3.05) is 16.0 Å². The molecule has 0 aliphatic carbocycles. The Morgan fingerprint density at radius 3 is 2.64 bits per heavy atom. The van der Waals surface area contributed by atoms with Crippen molar-refractivity contribution in [2.24, 2.45) is 0 Å². The molecule has 1 N–H and O–H groups in total. The fourth-order valence-electron chi connectivity index (χ4n) is 3.66. The number of nitrogens with one attached hydrogen (secondary N) is 1. The van der Waals surface area contributed by atoms with Crippen LogP contribution in [0.15, 0.2) is 58.9 Å². The standard InChI is InChI=1S/C24H15ClN4O5S2/c1-12-2-3-13(8-18(12)25)26-21(30)11-35-24-27-19-7-5-14(10-20(19)36-24)28-22(31)16-6-4-15(29(33)34)9-17(16)23(28)32/h2-10H,11H2,1H3,(H,26,30). The number of anilines is 2. The van der Waals surface area contributed by atoms with Crippen molar-refractivity contribution < 1.29 is 19.3 Å². The Labute approximate surface area is 217 Å². The summed E-state index contributed by atoms with van der Waals surface area (Å²) in [7, 11) is 0. The number of hydrogen-bond acceptors (Lipinski definition) is 8. The first-order valence-electron chi connectivity index (χ1n) is 10.5. The number of amides is 3. The lowest BCUT2D eigenvalue weighted by atomic mass is 10.1. The summed E-state index contributed by atoms with van der Waals surface area (Å²) in [6.07, 6.45) is 0. The summed E-state index contributed by atoms with van der Waals surface area (Å²) in [5.41, 5.74) is 2.38. The molecule has 1 aromatic heterocycles. The number of aryl methyl sites for hydroxylation is 1. The number of rotatable bonds is 6. The van der Waals surface area contributed by atoms with Gasteiger partial charge in [-0.3, -0.25) is 24.5 Å². The Balaban J connectivity index is 1.31. The van der Waals surface area contributed by atoms with Gasteiger partial charge in [0.25, 0.3) is 17.5 Å². The van der Waals surface area contributed by atoms with Crippen LogP contribution in [0.5, 0.6) is 0 Å². The second-order valence-corrected chi connectivity index (χ2v) is 10.5. The maximum Gasteiger partial charge on any atom is 0.270 e. The lowest BCUT2D eigenvalue weighted by Gasteiger charge is -2.13. The van der Waals surface area contributed by atoms with E-state index in [1.54, 1.807) is 30.3 Å². The van der Waals surface area contributed by atoms with E-state index in [1.807, 2.05) is 13.0 Å². The minimum Gasteiger partial charge on any atom is -0.325 e. The number of imide groups is 1. The first kappa shape index (κ1) is 23.9. The summed E-state index contributed by atoms with van der Waals surface area (Å²) in [6, 6.07) is 13.9. The predicted octanol–water partition coefficient (Wildman–Crippen LogP) is 5.70. The van der Waals surface area contributed by atoms with Crippen LogP contribution in [-0.2, 0) is 4.79 Å². The quantitative estimate of drug-likeness (QED) is 0.145. The Hall–Kier alpha value is -3.80. The van der Waals surface area contributed by atoms with Crippen molar-refractivity contribution in [1.82, 2.24) is 4.98 Å². The van der Waals surface area contributed by atoms with Crippen LogP contribution in [0.25, 0.3) is 10.2 Å². The molecule has 0 atom stereocenters. The number of hydrogen-bond donors (Lipinski definition) is 1. The topological polar surface area (TPSA) is 123 Å². The number of nitrogens with zero attached hydrogens (tertiary/aromatic N) is 3. The molecule has 180 valence electrons. The van der Waals surface area contributed by atoms with Gasteiger partial charge in [-0.15, -0.1) is 11.3 Å². The van der Waals surface area contributed by atoms with Crippen LogP contribution in [0.2, 0.25) is 5.02 Å². The van der Waals surface area contributed by atoms with Gasteiger partial charge in [-0.2, -0.15) is 0 Å². The van der Waals surface area contributed by atoms with E-state index in [0.717, 1.165) is 21.2 Å². The number of nitro benzene ring substituents is 1. The average Bonchev–Trinajstić information content (AvgIpc) is 3.37. The van der Waals surface area contributed by atoms with E-state index in [-0.39, 0.29) is 28.5 Å². The summed E-state index contributed by atoms with van der Waals surface area (Å²) in [5.74, 6) is -1.24. The number of halogens is 1. The van der Waals surface area contributed by atoms with Crippen molar-refractivity contribution in [3.8, 4) is 0 Å². The second kappa shape index (κ2) is 9.34. The molecule has 3 amide bonds. The first-order valence-corrected chi connectivity index (χ1v) is 12.7. The van der Waals surface area contributed by atoms with Gasteiger partial charge in [-0.05, 0) is 48.9 Å². The molecule has 0 fully saturated rings. The smallest absolute Gasteiger partial charge is 0.270 e. The minimum atomic E-state index is -0.620. The molecule has 0 saturated heterocycles. The van der Waals surface area contributed by atoms with Crippen molar-refractivity contribution in [3.63, 3.8) is 0 Å². The molecule has 0 bridgehead atoms. The van der Waals surface area contributed by atoms with Gasteiger partial charge in [-0.25, -0.2) is 9.88 Å². The zero-order valence-corrected chi connectivity index (χ0v) is 20.9. The largest absolute Gasteiger partial charge is 0.325 e. The highest BCUT2D eigenvalue weighted by Gasteiger charge is 2.38. The van der Waals surface area contributed by atoms with Crippen LogP contribution in [-0.4, -0.2) is 33.4 Å². The fourth-order valence-corrected chi connectivity index (χ4v) is 5.75. The third kappa shape index (κ3) is 4.43. The maximum absolute atomic E-state index is 12.9. The zero-order valence-electron chi connectivity index (χ0n) is 18.5. The molecule has 12 heteroatoms. The van der Waals surface area contributed by atoms with Gasteiger partial charge in [0.1, 0.15) is 0 Å². The molecule has 0 saturated carbocycles. The summed E-state index contributed by atoms with van der Waals surface area (Å²) in [6.45, 7) is 1.88. The summed E-state index contributed by atoms with van der Waals surface area (Å²) < 4.78 is 1.38. The maximum atomic E-state index is 12.9. The number of nitro groups is 1. The lowest BCUT2D eigenvalue weighted by Crippen LogP contribution is -2.29. The number of carbonyl (C=O) groups is 3. The highest BCUT2D eigenvalue weighted by molar-refractivity contribution is 8.01. The van der Waals surface area contributed by atoms with Crippen LogP contribution >= 0.6 is 34.7 Å². The Bertz CT molecular complexity index is 1600. The van der Waals surface area contributed by atoms with Crippen LogP contribution in [0.4, 0.5) is 17.1 Å². The van der Waals surface area contributed by atoms with Gasteiger partial charge in [0, 0.05) is 22.8 Å². The Morgan fingerprint density at radius 1 is 1.11 bits per heavy atom. The van der Waals surface area contributed by atoms with E-state index in [4.69, 9.17) is 11.6 Å². The Morgan fingerprint density at radius 2 is 1.89 bits per heavy atom. The number of aromatic nitrogens is 1. The summed E-state index contributed by atoms with van der Waals surface area (Å²) >= 11 is 8.69. The number of non-ortho nitro benzene ring substituents is 1. The van der Waals surface area contributed by atoms with Gasteiger partial charge < -0.3 is 5.32 Å². The van der Waals surface area contributed by atoms with Crippen molar-refractivity contribution in [2.45, 2.75) is 11.3 Å². The van der Waals surface area contributed by atoms with Crippen LogP contribution < -0.4 is 10.2 Å². The van der Waals surface area contributed by atoms with Gasteiger partial charge >= 0.3 is 0 Å². The zero-order chi connectivity index (χ0) is 25.6. The highest BCUT2D eigenvalue weighted by Crippen LogP contribution is 2.35. The minimum absolute atomic E-state index is 0.00396. The summed E-state index contributed by atoms with van der Waals surface area (Å²) in [5, 5.41) is 14.4. The van der Waals surface area contributed by atoms with E-state index in [0.29, 0.717) is 26.3 Å². The normalized spacial score (nSPS) is 12.8. The summed E-state index contributed by atoms with van der Waals surface area (Å²) in [4.78, 5) is 54.1. The van der Waals surface area contributed by atoms with Gasteiger partial charge in [0.15, 0.2) is 4.34 Å². The second-order valence-electron chi connectivity index (χ2n) is 7.87. The predicted molar refractivity (Wildman–Crippen MR) is 139 cm³/mol. The number of thiazole rings is 1. The molecular weight excluding hydrogens is 524 g/mol. The van der Waals surface area contributed by atoms with Crippen molar-refractivity contribution >= 4 is 79.7 Å². The van der Waals surface area contributed by atoms with E-state index in [2.05, 4.69) is 10.3 Å². The first-order chi connectivity index (χ1) is 17.2. The number of carbonyl (C=O) groups excluding carboxylic acids is 3. The van der Waals surface area contributed by atoms with Crippen LogP contribution in [0.3, 0.4) is 0 Å². The van der Waals surface area contributed by atoms with Crippen molar-refractivity contribution in [1.29, 1.82) is 0 Å². The molecule has 0 radical (unpaired) electrons. The van der Waals surface area contributed by atoms with Gasteiger partial charge in [0.05, 0.1) is 37.7 Å². The fraction of sp³-hybridized carbons (Fsp3) is 0.0833. The molecule has 36 heavy (non-hydrogen) atoms. The monoisotopic (exact) mass is 538 g/mol. The molecule has 1 aliphatic rings. The molecule has 3 aromatic carbocycles. The van der Waals surface area contributed by atoms with E-state index in [9.17, 15) is 24.5 Å². The molecule has 9 nitrogen and oxygen atoms in total. The molecule has 4 aromatic rings. The van der Waals surface area contributed by atoms with Gasteiger partial charge in [-0.1, -0.05) is 29.4 Å². The molecule has 0 unspecified atom stereocenters. The van der Waals surface area contributed by atoms with E-state index < -0.39 is 16.7 Å². The Kier molecular flexibility index (Phi) is 6.20. The number of fused-ring (bicyclic) bond motifs is 2. The van der Waals surface area contributed by atoms with E-state index in [1.165, 1.54) is 35.2 Å². The van der Waals surface area contributed by atoms with Crippen LogP contribution in [0, 0.1) is 17.0 Å². The number of benzene rings is 3. The van der Waals surface area contributed by atoms with E-state index >= 15 is 0 Å². The highest BCUT2D eigenvalue weighted by atomic mass is 35.5. The molecule has 5 rings (SSSR count). The molecule has 2 heterocycles. The van der Waals surface area contributed by atoms with Gasteiger partial charge in [0.2, 0.25) is 5.91 Å². The van der Waals surface area contributed by atoms with Crippen molar-refractivity contribution in [3.05, 3.63) is 86.4 Å². The average molecular weight is 539 g/mol. The lowest BCUT2D eigenvalue weighted by molar-refractivity contribution is -0.384.